The van der Waals surface area contributed by atoms with Crippen LogP contribution in [0.1, 0.15) is 23.1 Å². The molecule has 3 aliphatic rings. The van der Waals surface area contributed by atoms with Gasteiger partial charge in [-0.3, -0.25) is 24.1 Å². The predicted octanol–water partition coefficient (Wildman–Crippen LogP) is 2.79. The molecule has 0 saturated heterocycles. The van der Waals surface area contributed by atoms with Crippen LogP contribution in [-0.4, -0.2) is 81.6 Å². The highest BCUT2D eigenvalue weighted by Gasteiger charge is 2.64. The highest BCUT2D eigenvalue weighted by atomic mass is 16.5. The Labute approximate surface area is 275 Å². The lowest BCUT2D eigenvalue weighted by atomic mass is 9.57. The number of primary amides is 1. The average molecular weight is 655 g/mol. The van der Waals surface area contributed by atoms with E-state index in [9.17, 15) is 39.6 Å². The van der Waals surface area contributed by atoms with E-state index in [2.05, 4.69) is 0 Å². The fraction of sp³-hybridized carbons (Fsp3) is 0.278. The number of benzene rings is 3. The van der Waals surface area contributed by atoms with E-state index in [0.717, 1.165) is 0 Å². The van der Waals surface area contributed by atoms with E-state index in [1.165, 1.54) is 11.0 Å². The van der Waals surface area contributed by atoms with Crippen molar-refractivity contribution in [2.75, 3.05) is 21.2 Å². The Kier molecular flexibility index (Phi) is 8.10. The summed E-state index contributed by atoms with van der Waals surface area (Å²) < 4.78 is 10.5. The second-order valence-electron chi connectivity index (χ2n) is 12.5. The van der Waals surface area contributed by atoms with Gasteiger partial charge in [-0.25, -0.2) is 0 Å². The number of carbonyl (C=O) groups excluding carboxylic acids is 4. The van der Waals surface area contributed by atoms with Gasteiger partial charge in [0.05, 0.1) is 25.1 Å². The molecule has 3 aromatic carbocycles. The number of fused-ring (bicyclic) bond motifs is 3. The van der Waals surface area contributed by atoms with Gasteiger partial charge in [-0.15, -0.1) is 0 Å². The van der Waals surface area contributed by atoms with Crippen molar-refractivity contribution in [3.8, 4) is 28.4 Å². The number of phenols is 1. The molecular weight excluding hydrogens is 620 g/mol. The number of ketones is 2. The molecule has 12 heteroatoms. The van der Waals surface area contributed by atoms with Gasteiger partial charge < -0.3 is 35.6 Å². The minimum Gasteiger partial charge on any atom is -0.508 e. The SMILES string of the molecule is COc1ccc(OC(=O)Cc2ccc(-c3ccc(O)c4c3C[C@@H]3C[C@@H]5[C@@H](N(C)C)C(=O)C(C(N)=O)=C(O)[C@]5(O)C(=O)C3=C4O)cc2)cc1. The van der Waals surface area contributed by atoms with Gasteiger partial charge in [0.25, 0.3) is 5.91 Å². The molecule has 3 aromatic rings. The second kappa shape index (κ2) is 12.0. The molecule has 4 atom stereocenters. The number of aromatic hydroxyl groups is 1. The van der Waals surface area contributed by atoms with Crippen LogP contribution in [0, 0.1) is 11.8 Å². The van der Waals surface area contributed by atoms with Gasteiger partial charge in [0.15, 0.2) is 11.4 Å². The number of ether oxygens (including phenoxy) is 2. The summed E-state index contributed by atoms with van der Waals surface area (Å²) in [5.41, 5.74) is 4.17. The summed E-state index contributed by atoms with van der Waals surface area (Å²) in [6, 6.07) is 15.6. The zero-order valence-electron chi connectivity index (χ0n) is 26.4. The number of nitrogens with two attached hydrogens (primary N) is 1. The molecule has 0 unspecified atom stereocenters. The number of likely N-dealkylation sites (N-methyl/N-ethyl adjacent to an activating group) is 1. The molecule has 3 aliphatic carbocycles. The second-order valence-corrected chi connectivity index (χ2v) is 12.5. The molecule has 0 heterocycles. The number of amides is 1. The number of aliphatic hydroxyl groups is 3. The van der Waals surface area contributed by atoms with E-state index in [1.807, 2.05) is 0 Å². The summed E-state index contributed by atoms with van der Waals surface area (Å²) >= 11 is 0. The summed E-state index contributed by atoms with van der Waals surface area (Å²) in [6.07, 6.45) is 0.135. The first-order valence-corrected chi connectivity index (χ1v) is 15.2. The molecule has 12 nitrogen and oxygen atoms in total. The van der Waals surface area contributed by atoms with E-state index in [4.69, 9.17) is 15.2 Å². The molecular formula is C36H34N2O10. The molecule has 0 aliphatic heterocycles. The Hall–Kier alpha value is -5.46. The molecule has 1 saturated carbocycles. The standard InChI is InChI=1S/C36H34N2O10/c1-38(2)30-24-16-19-15-23-22(18-6-4-17(5-7-18)14-26(40)48-21-10-8-20(47-3)9-11-21)12-13-25(39)28(23)31(41)27(19)33(43)36(24,46)34(44)29(32(30)42)35(37)45/h4-13,19,24,30,39,41,44,46H,14-16H2,1-3H3,(H2,37,45)/t19-,24-,30-,36-/m1/s1. The van der Waals surface area contributed by atoms with Crippen molar-refractivity contribution in [3.63, 3.8) is 0 Å². The number of Topliss-reactive ketones (excluding diaryl/α,β-unsaturated/α-hetero) is 2. The third kappa shape index (κ3) is 5.09. The molecule has 6 rings (SSSR count). The van der Waals surface area contributed by atoms with Crippen LogP contribution in [0.3, 0.4) is 0 Å². The number of hydrogen-bond donors (Lipinski definition) is 5. The number of carbonyl (C=O) groups is 4. The van der Waals surface area contributed by atoms with Crippen molar-refractivity contribution < 1.29 is 49.1 Å². The highest BCUT2D eigenvalue weighted by Crippen LogP contribution is 2.53. The lowest BCUT2D eigenvalue weighted by Crippen LogP contribution is -2.65. The summed E-state index contributed by atoms with van der Waals surface area (Å²) in [7, 11) is 4.64. The fourth-order valence-electron chi connectivity index (χ4n) is 7.29. The third-order valence-electron chi connectivity index (χ3n) is 9.51. The Balaban J connectivity index is 1.34. The normalized spacial score (nSPS) is 23.4. The van der Waals surface area contributed by atoms with Gasteiger partial charge in [-0.2, -0.15) is 0 Å². The van der Waals surface area contributed by atoms with Crippen LogP contribution >= 0.6 is 0 Å². The molecule has 1 amide bonds. The van der Waals surface area contributed by atoms with Gasteiger partial charge in [0.1, 0.15) is 34.3 Å². The van der Waals surface area contributed by atoms with Crippen LogP contribution in [-0.2, 0) is 32.0 Å². The summed E-state index contributed by atoms with van der Waals surface area (Å²) in [4.78, 5) is 53.6. The number of rotatable bonds is 7. The van der Waals surface area contributed by atoms with E-state index >= 15 is 0 Å². The number of nitrogens with zero attached hydrogens (tertiary/aromatic N) is 1. The van der Waals surface area contributed by atoms with Crippen LogP contribution < -0.4 is 15.2 Å². The van der Waals surface area contributed by atoms with Crippen molar-refractivity contribution >= 4 is 29.2 Å². The van der Waals surface area contributed by atoms with Crippen molar-refractivity contribution in [3.05, 3.63) is 94.3 Å². The largest absolute Gasteiger partial charge is 0.508 e. The Morgan fingerprint density at radius 3 is 2.21 bits per heavy atom. The van der Waals surface area contributed by atoms with Crippen LogP contribution in [0.5, 0.6) is 17.2 Å². The molecule has 248 valence electrons. The molecule has 6 N–H and O–H groups in total. The van der Waals surface area contributed by atoms with E-state index < -0.39 is 64.0 Å². The lowest BCUT2D eigenvalue weighted by molar-refractivity contribution is -0.153. The zero-order chi connectivity index (χ0) is 34.7. The monoisotopic (exact) mass is 654 g/mol. The molecule has 0 spiro atoms. The molecule has 0 radical (unpaired) electrons. The quantitative estimate of drug-likeness (QED) is 0.143. The molecule has 1 fully saturated rings. The first kappa shape index (κ1) is 32.5. The van der Waals surface area contributed by atoms with Gasteiger partial charge in [0.2, 0.25) is 5.78 Å². The number of aliphatic hydroxyl groups excluding tert-OH is 2. The van der Waals surface area contributed by atoms with Crippen LogP contribution in [0.15, 0.2) is 77.6 Å². The van der Waals surface area contributed by atoms with E-state index in [0.29, 0.717) is 33.8 Å². The lowest BCUT2D eigenvalue weighted by Gasteiger charge is -2.50. The van der Waals surface area contributed by atoms with Crippen LogP contribution in [0.2, 0.25) is 0 Å². The molecule has 0 aromatic heterocycles. The van der Waals surface area contributed by atoms with Gasteiger partial charge in [0, 0.05) is 11.5 Å². The summed E-state index contributed by atoms with van der Waals surface area (Å²) in [5.74, 6) is -6.50. The number of esters is 1. The maximum absolute atomic E-state index is 14.1. The Morgan fingerprint density at radius 2 is 1.60 bits per heavy atom. The van der Waals surface area contributed by atoms with Crippen LogP contribution in [0.25, 0.3) is 16.9 Å². The van der Waals surface area contributed by atoms with Crippen molar-refractivity contribution in [2.45, 2.75) is 30.9 Å². The Morgan fingerprint density at radius 1 is 0.958 bits per heavy atom. The third-order valence-corrected chi connectivity index (χ3v) is 9.51. The maximum Gasteiger partial charge on any atom is 0.315 e. The topological polar surface area (TPSA) is 197 Å². The smallest absolute Gasteiger partial charge is 0.315 e. The predicted molar refractivity (Wildman–Crippen MR) is 172 cm³/mol. The molecule has 0 bridgehead atoms. The van der Waals surface area contributed by atoms with Crippen molar-refractivity contribution in [1.29, 1.82) is 0 Å². The minimum absolute atomic E-state index is 0.00376. The van der Waals surface area contributed by atoms with Gasteiger partial charge in [-0.05, 0) is 85.4 Å². The van der Waals surface area contributed by atoms with E-state index in [-0.39, 0.29) is 36.1 Å². The fourth-order valence-corrected chi connectivity index (χ4v) is 7.29. The highest BCUT2D eigenvalue weighted by molar-refractivity contribution is 6.24. The van der Waals surface area contributed by atoms with Gasteiger partial charge >= 0.3 is 5.97 Å². The average Bonchev–Trinajstić information content (AvgIpc) is 3.03. The van der Waals surface area contributed by atoms with Crippen molar-refractivity contribution in [2.24, 2.45) is 17.6 Å². The maximum atomic E-state index is 14.1. The van der Waals surface area contributed by atoms with E-state index in [1.54, 1.807) is 75.8 Å². The first-order chi connectivity index (χ1) is 22.8. The minimum atomic E-state index is -2.71. The zero-order valence-corrected chi connectivity index (χ0v) is 26.4. The van der Waals surface area contributed by atoms with Gasteiger partial charge in [-0.1, -0.05) is 30.3 Å². The summed E-state index contributed by atoms with van der Waals surface area (Å²) in [6.45, 7) is 0. The number of phenolic OH excluding ortho intramolecular Hbond substituents is 1. The Bertz CT molecular complexity index is 1930. The summed E-state index contributed by atoms with van der Waals surface area (Å²) in [5, 5.41) is 45.2. The number of methoxy groups -OCH3 is 1. The van der Waals surface area contributed by atoms with Crippen LogP contribution in [0.4, 0.5) is 0 Å². The number of hydrogen-bond acceptors (Lipinski definition) is 11. The van der Waals surface area contributed by atoms with Crippen molar-refractivity contribution in [1.82, 2.24) is 4.90 Å². The first-order valence-electron chi connectivity index (χ1n) is 15.2. The molecule has 48 heavy (non-hydrogen) atoms.